The van der Waals surface area contributed by atoms with Crippen LogP contribution in [0, 0.1) is 0 Å². The molecule has 5 nitrogen and oxygen atoms in total. The molecule has 0 fully saturated rings. The third-order valence-electron chi connectivity index (χ3n) is 2.85. The summed E-state index contributed by atoms with van der Waals surface area (Å²) in [5.74, 6) is 0. The second-order valence-electron chi connectivity index (χ2n) is 4.53. The van der Waals surface area contributed by atoms with Gasteiger partial charge in [0.05, 0.1) is 6.61 Å². The first-order valence-corrected chi connectivity index (χ1v) is 6.70. The first kappa shape index (κ1) is 15.0. The number of imidazole rings is 1. The molecule has 0 bridgehead atoms. The van der Waals surface area contributed by atoms with Crippen molar-refractivity contribution in [2.75, 3.05) is 20.3 Å². The zero-order valence-electron chi connectivity index (χ0n) is 11.7. The minimum atomic E-state index is 0.0660. The first-order valence-electron chi connectivity index (χ1n) is 6.70. The molecule has 5 heteroatoms. The lowest BCUT2D eigenvalue weighted by Crippen LogP contribution is -2.40. The lowest BCUT2D eigenvalue weighted by Gasteiger charge is -2.17. The van der Waals surface area contributed by atoms with Crippen LogP contribution in [0.5, 0.6) is 0 Å². The molecule has 0 spiro atoms. The van der Waals surface area contributed by atoms with Crippen molar-refractivity contribution in [3.8, 4) is 0 Å². The van der Waals surface area contributed by atoms with Gasteiger partial charge in [0, 0.05) is 38.6 Å². The summed E-state index contributed by atoms with van der Waals surface area (Å²) < 4.78 is 8.69. The standard InChI is InChI=1S/C13H25N3O2/c1-4-6-14-12(11-18-3)10-16-9-8-15(7-5-2)13(16)17/h8-9,12,14H,4-7,10-11H2,1-3H3. The van der Waals surface area contributed by atoms with Gasteiger partial charge in [-0.05, 0) is 19.4 Å². The molecule has 0 aliphatic rings. The molecule has 18 heavy (non-hydrogen) atoms. The van der Waals surface area contributed by atoms with Gasteiger partial charge in [-0.2, -0.15) is 0 Å². The van der Waals surface area contributed by atoms with Crippen molar-refractivity contribution in [2.45, 2.75) is 45.8 Å². The molecule has 0 radical (unpaired) electrons. The molecule has 0 aromatic carbocycles. The van der Waals surface area contributed by atoms with E-state index in [1.807, 2.05) is 12.4 Å². The van der Waals surface area contributed by atoms with E-state index in [2.05, 4.69) is 19.2 Å². The molecule has 0 aliphatic carbocycles. The molecule has 0 saturated heterocycles. The Bertz CT molecular complexity index is 384. The van der Waals surface area contributed by atoms with Crippen molar-refractivity contribution in [3.63, 3.8) is 0 Å². The molecule has 1 aromatic heterocycles. The Morgan fingerprint density at radius 3 is 2.61 bits per heavy atom. The molecule has 1 N–H and O–H groups in total. The summed E-state index contributed by atoms with van der Waals surface area (Å²) in [7, 11) is 1.69. The summed E-state index contributed by atoms with van der Waals surface area (Å²) >= 11 is 0. The highest BCUT2D eigenvalue weighted by Crippen LogP contribution is 1.94. The Morgan fingerprint density at radius 2 is 2.00 bits per heavy atom. The molecule has 0 saturated carbocycles. The average Bonchev–Trinajstić information content (AvgIpc) is 2.69. The van der Waals surface area contributed by atoms with E-state index < -0.39 is 0 Å². The molecule has 1 heterocycles. The van der Waals surface area contributed by atoms with Crippen LogP contribution in [0.15, 0.2) is 17.2 Å². The average molecular weight is 255 g/mol. The number of nitrogens with one attached hydrogen (secondary N) is 1. The van der Waals surface area contributed by atoms with Crippen LogP contribution in [0.4, 0.5) is 0 Å². The van der Waals surface area contributed by atoms with Crippen molar-refractivity contribution in [3.05, 3.63) is 22.9 Å². The van der Waals surface area contributed by atoms with Gasteiger partial charge in [0.25, 0.3) is 0 Å². The summed E-state index contributed by atoms with van der Waals surface area (Å²) in [5, 5.41) is 3.39. The Hall–Kier alpha value is -1.07. The quantitative estimate of drug-likeness (QED) is 0.718. The van der Waals surface area contributed by atoms with E-state index >= 15 is 0 Å². The topological polar surface area (TPSA) is 48.2 Å². The van der Waals surface area contributed by atoms with Crippen LogP contribution in [0.25, 0.3) is 0 Å². The highest BCUT2D eigenvalue weighted by Gasteiger charge is 2.10. The normalized spacial score (nSPS) is 12.8. The maximum Gasteiger partial charge on any atom is 0.328 e. The SMILES string of the molecule is CCCNC(COC)Cn1ccn(CCC)c1=O. The van der Waals surface area contributed by atoms with Gasteiger partial charge in [-0.25, -0.2) is 4.79 Å². The van der Waals surface area contributed by atoms with Gasteiger partial charge in [-0.1, -0.05) is 13.8 Å². The van der Waals surface area contributed by atoms with E-state index in [4.69, 9.17) is 4.74 Å². The van der Waals surface area contributed by atoms with Crippen LogP contribution in [0.3, 0.4) is 0 Å². The minimum Gasteiger partial charge on any atom is -0.383 e. The Morgan fingerprint density at radius 1 is 1.28 bits per heavy atom. The molecule has 0 amide bonds. The number of hydrogen-bond acceptors (Lipinski definition) is 3. The lowest BCUT2D eigenvalue weighted by atomic mass is 10.3. The van der Waals surface area contributed by atoms with Gasteiger partial charge >= 0.3 is 5.69 Å². The molecule has 0 aliphatic heterocycles. The van der Waals surface area contributed by atoms with Crippen molar-refractivity contribution < 1.29 is 4.74 Å². The van der Waals surface area contributed by atoms with E-state index in [0.29, 0.717) is 13.2 Å². The zero-order chi connectivity index (χ0) is 13.4. The second-order valence-corrected chi connectivity index (χ2v) is 4.53. The van der Waals surface area contributed by atoms with Crippen LogP contribution in [0.2, 0.25) is 0 Å². The van der Waals surface area contributed by atoms with E-state index in [1.54, 1.807) is 16.2 Å². The number of rotatable bonds is 9. The molecule has 1 rings (SSSR count). The third kappa shape index (κ3) is 4.31. The van der Waals surface area contributed by atoms with Gasteiger partial charge in [0.1, 0.15) is 0 Å². The fourth-order valence-corrected chi connectivity index (χ4v) is 1.97. The van der Waals surface area contributed by atoms with E-state index in [9.17, 15) is 4.79 Å². The number of methoxy groups -OCH3 is 1. The largest absolute Gasteiger partial charge is 0.383 e. The van der Waals surface area contributed by atoms with Crippen molar-refractivity contribution in [2.24, 2.45) is 0 Å². The van der Waals surface area contributed by atoms with Crippen LogP contribution >= 0.6 is 0 Å². The second kappa shape index (κ2) is 8.11. The van der Waals surface area contributed by atoms with Crippen LogP contribution < -0.4 is 11.0 Å². The third-order valence-corrected chi connectivity index (χ3v) is 2.85. The molecular weight excluding hydrogens is 230 g/mol. The molecule has 1 aromatic rings. The molecule has 1 atom stereocenters. The van der Waals surface area contributed by atoms with E-state index in [1.165, 1.54) is 0 Å². The predicted molar refractivity (Wildman–Crippen MR) is 72.9 cm³/mol. The van der Waals surface area contributed by atoms with Crippen LogP contribution in [0.1, 0.15) is 26.7 Å². The highest BCUT2D eigenvalue weighted by molar-refractivity contribution is 4.83. The van der Waals surface area contributed by atoms with Gasteiger partial charge in [0.2, 0.25) is 0 Å². The fourth-order valence-electron chi connectivity index (χ4n) is 1.97. The fraction of sp³-hybridized carbons (Fsp3) is 0.769. The maximum atomic E-state index is 12.0. The van der Waals surface area contributed by atoms with E-state index in [-0.39, 0.29) is 11.7 Å². The molecule has 104 valence electrons. The number of aryl methyl sites for hydroxylation is 1. The van der Waals surface area contributed by atoms with Crippen LogP contribution in [-0.2, 0) is 17.8 Å². The molecular formula is C13H25N3O2. The number of ether oxygens (including phenoxy) is 1. The summed E-state index contributed by atoms with van der Waals surface area (Å²) in [6.07, 6.45) is 5.76. The predicted octanol–water partition coefficient (Wildman–Crippen LogP) is 1.07. The monoisotopic (exact) mass is 255 g/mol. The van der Waals surface area contributed by atoms with Crippen molar-refractivity contribution >= 4 is 0 Å². The Labute approximate surface area is 109 Å². The zero-order valence-corrected chi connectivity index (χ0v) is 11.7. The van der Waals surface area contributed by atoms with Crippen molar-refractivity contribution in [1.82, 2.24) is 14.5 Å². The van der Waals surface area contributed by atoms with Crippen molar-refractivity contribution in [1.29, 1.82) is 0 Å². The summed E-state index contributed by atoms with van der Waals surface area (Å²) in [6, 6.07) is 0.185. The van der Waals surface area contributed by atoms with Gasteiger partial charge in [-0.15, -0.1) is 0 Å². The highest BCUT2D eigenvalue weighted by atomic mass is 16.5. The van der Waals surface area contributed by atoms with Crippen LogP contribution in [-0.4, -0.2) is 35.4 Å². The summed E-state index contributed by atoms with van der Waals surface area (Å²) in [4.78, 5) is 12.0. The van der Waals surface area contributed by atoms with Gasteiger partial charge < -0.3 is 10.1 Å². The number of aromatic nitrogens is 2. The summed E-state index contributed by atoms with van der Waals surface area (Å²) in [5.41, 5.74) is 0.0660. The smallest absolute Gasteiger partial charge is 0.328 e. The minimum absolute atomic E-state index is 0.0660. The maximum absolute atomic E-state index is 12.0. The Kier molecular flexibility index (Phi) is 6.75. The molecule has 1 unspecified atom stereocenters. The lowest BCUT2D eigenvalue weighted by molar-refractivity contribution is 0.158. The number of hydrogen-bond donors (Lipinski definition) is 1. The Balaban J connectivity index is 2.65. The van der Waals surface area contributed by atoms with Gasteiger partial charge in [0.15, 0.2) is 0 Å². The van der Waals surface area contributed by atoms with Gasteiger partial charge in [-0.3, -0.25) is 9.13 Å². The number of nitrogens with zero attached hydrogens (tertiary/aromatic N) is 2. The summed E-state index contributed by atoms with van der Waals surface area (Å²) in [6.45, 7) is 7.19. The van der Waals surface area contributed by atoms with E-state index in [0.717, 1.165) is 25.9 Å². The first-order chi connectivity index (χ1) is 8.72.